The molecule has 33 heavy (non-hydrogen) atoms. The predicted molar refractivity (Wildman–Crippen MR) is 136 cm³/mol. The molecule has 0 bridgehead atoms. The number of carbonyl (C=O) groups is 1. The van der Waals surface area contributed by atoms with Crippen molar-refractivity contribution in [2.45, 2.75) is 38.5 Å². The maximum atomic E-state index is 12.9. The van der Waals surface area contributed by atoms with Gasteiger partial charge in [0.05, 0.1) is 15.8 Å². The molecule has 1 fully saturated rings. The zero-order valence-corrected chi connectivity index (χ0v) is 20.9. The van der Waals surface area contributed by atoms with E-state index in [4.69, 9.17) is 23.2 Å². The lowest BCUT2D eigenvalue weighted by Crippen LogP contribution is -2.38. The van der Waals surface area contributed by atoms with Crippen LogP contribution >= 0.6 is 23.2 Å². The molecule has 3 rings (SSSR count). The van der Waals surface area contributed by atoms with Crippen LogP contribution in [0.2, 0.25) is 10.0 Å². The monoisotopic (exact) mass is 489 g/mol. The molecule has 7 heteroatoms. The summed E-state index contributed by atoms with van der Waals surface area (Å²) >= 11 is 12.5. The lowest BCUT2D eigenvalue weighted by Gasteiger charge is -2.33. The van der Waals surface area contributed by atoms with Crippen molar-refractivity contribution in [1.82, 2.24) is 9.80 Å². The number of benzene rings is 2. The summed E-state index contributed by atoms with van der Waals surface area (Å²) in [7, 11) is 1.85. The first-order valence-corrected chi connectivity index (χ1v) is 12.4. The third kappa shape index (κ3) is 6.95. The van der Waals surface area contributed by atoms with E-state index in [0.29, 0.717) is 28.1 Å². The number of halogens is 2. The lowest BCUT2D eigenvalue weighted by atomic mass is 9.89. The summed E-state index contributed by atoms with van der Waals surface area (Å²) in [6.07, 6.45) is 3.72. The van der Waals surface area contributed by atoms with E-state index >= 15 is 0 Å². The number of amides is 1. The van der Waals surface area contributed by atoms with Crippen molar-refractivity contribution in [2.75, 3.05) is 33.2 Å². The topological polar surface area (TPSA) is 56.1 Å². The highest BCUT2D eigenvalue weighted by molar-refractivity contribution is 6.42. The first-order valence-electron chi connectivity index (χ1n) is 11.6. The van der Waals surface area contributed by atoms with E-state index in [1.165, 1.54) is 0 Å². The van der Waals surface area contributed by atoms with Crippen LogP contribution < -0.4 is 0 Å². The van der Waals surface area contributed by atoms with Gasteiger partial charge in [-0.3, -0.25) is 4.79 Å². The summed E-state index contributed by atoms with van der Waals surface area (Å²) in [4.78, 5) is 17.2. The average Bonchev–Trinajstić information content (AvgIpc) is 2.85. The van der Waals surface area contributed by atoms with Crippen LogP contribution in [0.1, 0.15) is 54.4 Å². The Morgan fingerprint density at radius 3 is 2.45 bits per heavy atom. The zero-order valence-electron chi connectivity index (χ0n) is 19.4. The number of piperidine rings is 1. The first kappa shape index (κ1) is 25.5. The maximum Gasteiger partial charge on any atom is 0.253 e. The molecular weight excluding hydrogens is 457 g/mol. The van der Waals surface area contributed by atoms with Crippen LogP contribution in [0.3, 0.4) is 0 Å². The molecule has 5 nitrogen and oxygen atoms in total. The smallest absolute Gasteiger partial charge is 0.253 e. The van der Waals surface area contributed by atoms with Crippen molar-refractivity contribution in [3.05, 3.63) is 69.7 Å². The van der Waals surface area contributed by atoms with E-state index in [-0.39, 0.29) is 11.8 Å². The van der Waals surface area contributed by atoms with Crippen LogP contribution in [0.4, 0.5) is 0 Å². The Hall–Kier alpha value is -2.08. The normalized spacial score (nSPS) is 16.5. The molecule has 1 unspecified atom stereocenters. The molecule has 2 aromatic rings. The number of oxime groups is 1. The maximum absolute atomic E-state index is 12.9. The van der Waals surface area contributed by atoms with Crippen LogP contribution in [-0.2, 0) is 0 Å². The highest BCUT2D eigenvalue weighted by Gasteiger charge is 2.25. The molecule has 1 saturated heterocycles. The van der Waals surface area contributed by atoms with E-state index in [2.05, 4.69) is 10.1 Å². The molecule has 1 N–H and O–H groups in total. The third-order valence-corrected chi connectivity index (χ3v) is 7.36. The molecule has 0 radical (unpaired) electrons. The van der Waals surface area contributed by atoms with Gasteiger partial charge in [0.15, 0.2) is 0 Å². The van der Waals surface area contributed by atoms with Crippen molar-refractivity contribution < 1.29 is 10.0 Å². The molecule has 0 aliphatic carbocycles. The van der Waals surface area contributed by atoms with Crippen LogP contribution in [0.15, 0.2) is 53.7 Å². The molecule has 1 atom stereocenters. The Balaban J connectivity index is 1.66. The van der Waals surface area contributed by atoms with E-state index in [0.717, 1.165) is 56.6 Å². The second-order valence-electron chi connectivity index (χ2n) is 8.77. The van der Waals surface area contributed by atoms with Gasteiger partial charge >= 0.3 is 0 Å². The van der Waals surface area contributed by atoms with Crippen LogP contribution in [-0.4, -0.2) is 59.9 Å². The molecule has 1 heterocycles. The van der Waals surface area contributed by atoms with Gasteiger partial charge in [-0.05, 0) is 75.1 Å². The Morgan fingerprint density at radius 1 is 1.15 bits per heavy atom. The molecule has 2 aromatic carbocycles. The quantitative estimate of drug-likeness (QED) is 0.259. The van der Waals surface area contributed by atoms with Crippen LogP contribution in [0.25, 0.3) is 0 Å². The molecule has 1 aliphatic heterocycles. The molecular formula is C26H33Cl2N3O2. The molecule has 0 saturated carbocycles. The Kier molecular flexibility index (Phi) is 9.60. The Bertz CT molecular complexity index is 944. The number of likely N-dealkylation sites (N-methyl/N-ethyl adjacent to an activating group) is 1. The number of nitrogens with zero attached hydrogens (tertiary/aromatic N) is 3. The fourth-order valence-corrected chi connectivity index (χ4v) is 4.92. The molecule has 1 amide bonds. The Labute approximate surface area is 207 Å². The van der Waals surface area contributed by atoms with Crippen molar-refractivity contribution in [3.63, 3.8) is 0 Å². The minimum atomic E-state index is 0.0110. The number of hydrogen-bond donors (Lipinski definition) is 1. The highest BCUT2D eigenvalue weighted by atomic mass is 35.5. The van der Waals surface area contributed by atoms with E-state index < -0.39 is 0 Å². The van der Waals surface area contributed by atoms with Gasteiger partial charge in [-0.2, -0.15) is 0 Å². The molecule has 0 spiro atoms. The second-order valence-corrected chi connectivity index (χ2v) is 9.59. The first-order chi connectivity index (χ1) is 15.9. The molecule has 178 valence electrons. The van der Waals surface area contributed by atoms with Crippen molar-refractivity contribution >= 4 is 34.8 Å². The van der Waals surface area contributed by atoms with Gasteiger partial charge in [0.1, 0.15) is 0 Å². The summed E-state index contributed by atoms with van der Waals surface area (Å²) in [6, 6.07) is 15.1. The van der Waals surface area contributed by atoms with Gasteiger partial charge in [-0.25, -0.2) is 0 Å². The fourth-order valence-electron chi connectivity index (χ4n) is 4.61. The number of hydrogen-bond acceptors (Lipinski definition) is 4. The molecule has 1 aliphatic rings. The van der Waals surface area contributed by atoms with E-state index in [1.807, 2.05) is 62.5 Å². The standard InChI is InChI=1S/C26H33Cl2N3O2/c1-3-25(29-33)19-11-14-31(15-12-19)16-13-22(21-9-10-23(27)24(28)17-21)18-30(2)26(32)20-7-5-4-6-8-20/h4-10,17,19,22,33H,3,11-16,18H2,1-2H3/b29-25-. The summed E-state index contributed by atoms with van der Waals surface area (Å²) in [5.74, 6) is 0.522. The van der Waals surface area contributed by atoms with Gasteiger partial charge in [0.2, 0.25) is 0 Å². The Morgan fingerprint density at radius 2 is 1.85 bits per heavy atom. The number of likely N-dealkylation sites (tertiary alicyclic amines) is 1. The van der Waals surface area contributed by atoms with Gasteiger partial charge in [-0.15, -0.1) is 0 Å². The van der Waals surface area contributed by atoms with Crippen LogP contribution in [0, 0.1) is 5.92 Å². The minimum Gasteiger partial charge on any atom is -0.411 e. The summed E-state index contributed by atoms with van der Waals surface area (Å²) in [5.41, 5.74) is 2.68. The highest BCUT2D eigenvalue weighted by Crippen LogP contribution is 2.30. The predicted octanol–water partition coefficient (Wildman–Crippen LogP) is 6.19. The van der Waals surface area contributed by atoms with Gasteiger partial charge in [0, 0.05) is 31.0 Å². The van der Waals surface area contributed by atoms with Crippen molar-refractivity contribution in [2.24, 2.45) is 11.1 Å². The second kappa shape index (κ2) is 12.4. The summed E-state index contributed by atoms with van der Waals surface area (Å²) in [5, 5.41) is 13.8. The summed E-state index contributed by atoms with van der Waals surface area (Å²) < 4.78 is 0. The van der Waals surface area contributed by atoms with Gasteiger partial charge < -0.3 is 15.0 Å². The third-order valence-electron chi connectivity index (χ3n) is 6.62. The average molecular weight is 490 g/mol. The largest absolute Gasteiger partial charge is 0.411 e. The van der Waals surface area contributed by atoms with Gasteiger partial charge in [0.25, 0.3) is 5.91 Å². The SMILES string of the molecule is CC/C(=N/O)C1CCN(CCC(CN(C)C(=O)c2ccccc2)c2ccc(Cl)c(Cl)c2)CC1. The number of carbonyl (C=O) groups excluding carboxylic acids is 1. The fraction of sp³-hybridized carbons (Fsp3) is 0.462. The summed E-state index contributed by atoms with van der Waals surface area (Å²) in [6.45, 7) is 5.53. The zero-order chi connectivity index (χ0) is 23.8. The lowest BCUT2D eigenvalue weighted by molar-refractivity contribution is 0.0781. The van der Waals surface area contributed by atoms with Gasteiger partial charge in [-0.1, -0.05) is 59.5 Å². The van der Waals surface area contributed by atoms with Crippen LogP contribution in [0.5, 0.6) is 0 Å². The minimum absolute atomic E-state index is 0.0110. The van der Waals surface area contributed by atoms with Crippen molar-refractivity contribution in [3.8, 4) is 0 Å². The number of rotatable bonds is 9. The molecule has 0 aromatic heterocycles. The van der Waals surface area contributed by atoms with Crippen molar-refractivity contribution in [1.29, 1.82) is 0 Å². The van der Waals surface area contributed by atoms with E-state index in [9.17, 15) is 10.0 Å². The van der Waals surface area contributed by atoms with E-state index in [1.54, 1.807) is 4.90 Å².